The van der Waals surface area contributed by atoms with Crippen molar-refractivity contribution in [2.24, 2.45) is 0 Å². The molecule has 8 heteroatoms. The summed E-state index contributed by atoms with van der Waals surface area (Å²) in [5.41, 5.74) is 1.13. The average molecular weight is 392 g/mol. The van der Waals surface area contributed by atoms with E-state index in [2.05, 4.69) is 0 Å². The lowest BCUT2D eigenvalue weighted by Crippen LogP contribution is -2.19. The van der Waals surface area contributed by atoms with E-state index >= 15 is 0 Å². The quantitative estimate of drug-likeness (QED) is 0.627. The van der Waals surface area contributed by atoms with E-state index in [0.29, 0.717) is 31.3 Å². The number of thiophene rings is 2. The SMILES string of the molecule is CC(=O)O[C@@H](C)c1csc2c1C(=O)c1cc([C@@H](C)OC(C)=O)sc1C2=O. The van der Waals surface area contributed by atoms with Gasteiger partial charge in [0.25, 0.3) is 0 Å². The van der Waals surface area contributed by atoms with Crippen molar-refractivity contribution in [3.8, 4) is 0 Å². The molecule has 0 aromatic carbocycles. The Morgan fingerprint density at radius 1 is 0.962 bits per heavy atom. The summed E-state index contributed by atoms with van der Waals surface area (Å²) in [5.74, 6) is -1.39. The Hall–Kier alpha value is -2.32. The molecule has 0 unspecified atom stereocenters. The standard InChI is InChI=1S/C18H16O6S2/c1-7(23-9(3)19)12-6-25-18-14(12)15(21)11-5-13(8(2)24-10(4)20)26-17(11)16(18)22/h5-8H,1-4H3/t7-,8+/m0/s1. The Kier molecular flexibility index (Phi) is 4.81. The minimum Gasteiger partial charge on any atom is -0.458 e. The lowest BCUT2D eigenvalue weighted by molar-refractivity contribution is -0.146. The second-order valence-corrected chi connectivity index (χ2v) is 7.91. The number of carbonyl (C=O) groups excluding carboxylic acids is 4. The van der Waals surface area contributed by atoms with Gasteiger partial charge in [0.1, 0.15) is 12.2 Å². The van der Waals surface area contributed by atoms with E-state index in [0.717, 1.165) is 11.3 Å². The number of hydrogen-bond donors (Lipinski definition) is 0. The largest absolute Gasteiger partial charge is 0.458 e. The van der Waals surface area contributed by atoms with Crippen LogP contribution in [0, 0.1) is 0 Å². The number of carbonyl (C=O) groups is 4. The third-order valence-corrected chi connectivity index (χ3v) is 6.27. The predicted octanol–water partition coefficient (Wildman–Crippen LogP) is 3.83. The first-order chi connectivity index (χ1) is 12.2. The number of fused-ring (bicyclic) bond motifs is 2. The molecule has 0 fully saturated rings. The number of rotatable bonds is 4. The van der Waals surface area contributed by atoms with Crippen LogP contribution in [0.3, 0.4) is 0 Å². The lowest BCUT2D eigenvalue weighted by atomic mass is 9.91. The van der Waals surface area contributed by atoms with Gasteiger partial charge in [-0.05, 0) is 25.3 Å². The molecule has 2 atom stereocenters. The van der Waals surface area contributed by atoms with Crippen LogP contribution >= 0.6 is 22.7 Å². The first-order valence-electron chi connectivity index (χ1n) is 7.89. The average Bonchev–Trinajstić information content (AvgIpc) is 3.16. The summed E-state index contributed by atoms with van der Waals surface area (Å²) >= 11 is 2.33. The van der Waals surface area contributed by atoms with Gasteiger partial charge in [-0.3, -0.25) is 19.2 Å². The summed E-state index contributed by atoms with van der Waals surface area (Å²) in [6.07, 6.45) is -1.16. The topological polar surface area (TPSA) is 86.7 Å². The fourth-order valence-electron chi connectivity index (χ4n) is 2.88. The Balaban J connectivity index is 2.02. The molecule has 2 heterocycles. The van der Waals surface area contributed by atoms with E-state index in [1.165, 1.54) is 25.2 Å². The van der Waals surface area contributed by atoms with E-state index in [-0.39, 0.29) is 11.6 Å². The van der Waals surface area contributed by atoms with Crippen molar-refractivity contribution in [3.05, 3.63) is 42.8 Å². The summed E-state index contributed by atoms with van der Waals surface area (Å²) in [6.45, 7) is 5.96. The smallest absolute Gasteiger partial charge is 0.303 e. The molecule has 0 saturated heterocycles. The fraction of sp³-hybridized carbons (Fsp3) is 0.333. The van der Waals surface area contributed by atoms with Crippen LogP contribution in [0.4, 0.5) is 0 Å². The minimum absolute atomic E-state index is 0.229. The number of ether oxygens (including phenoxy) is 2. The minimum atomic E-state index is -0.621. The summed E-state index contributed by atoms with van der Waals surface area (Å²) in [4.78, 5) is 49.5. The van der Waals surface area contributed by atoms with Crippen molar-refractivity contribution in [3.63, 3.8) is 0 Å². The third-order valence-electron chi connectivity index (χ3n) is 3.98. The molecule has 1 aliphatic rings. The predicted molar refractivity (Wildman–Crippen MR) is 95.9 cm³/mol. The van der Waals surface area contributed by atoms with Gasteiger partial charge in [-0.1, -0.05) is 0 Å². The lowest BCUT2D eigenvalue weighted by Gasteiger charge is -2.15. The molecule has 0 saturated carbocycles. The molecule has 6 nitrogen and oxygen atoms in total. The van der Waals surface area contributed by atoms with Crippen molar-refractivity contribution < 1.29 is 28.7 Å². The second-order valence-electron chi connectivity index (χ2n) is 5.95. The molecule has 2 aromatic rings. The van der Waals surface area contributed by atoms with E-state index in [1.54, 1.807) is 25.3 Å². The summed E-state index contributed by atoms with van der Waals surface area (Å²) in [6, 6.07) is 1.61. The zero-order chi connectivity index (χ0) is 19.2. The Bertz CT molecular complexity index is 932. The zero-order valence-electron chi connectivity index (χ0n) is 14.6. The first kappa shape index (κ1) is 18.5. The van der Waals surface area contributed by atoms with Gasteiger partial charge in [-0.2, -0.15) is 0 Å². The highest BCUT2D eigenvalue weighted by molar-refractivity contribution is 7.18. The molecule has 26 heavy (non-hydrogen) atoms. The molecule has 0 aliphatic heterocycles. The first-order valence-corrected chi connectivity index (χ1v) is 9.59. The van der Waals surface area contributed by atoms with Crippen LogP contribution in [0.1, 0.15) is 80.8 Å². The third kappa shape index (κ3) is 3.10. The van der Waals surface area contributed by atoms with Crippen molar-refractivity contribution >= 4 is 46.2 Å². The second kappa shape index (κ2) is 6.77. The number of hydrogen-bond acceptors (Lipinski definition) is 8. The van der Waals surface area contributed by atoms with Gasteiger partial charge in [-0.15, -0.1) is 22.7 Å². The summed E-state index contributed by atoms with van der Waals surface area (Å²) in [7, 11) is 0. The normalized spacial score (nSPS) is 15.1. The zero-order valence-corrected chi connectivity index (χ0v) is 16.2. The van der Waals surface area contributed by atoms with Gasteiger partial charge < -0.3 is 9.47 Å². The molecule has 0 amide bonds. The monoisotopic (exact) mass is 392 g/mol. The van der Waals surface area contributed by atoms with Gasteiger partial charge in [0.15, 0.2) is 5.78 Å². The van der Waals surface area contributed by atoms with E-state index in [9.17, 15) is 19.2 Å². The number of ketones is 2. The van der Waals surface area contributed by atoms with Gasteiger partial charge in [-0.25, -0.2) is 0 Å². The van der Waals surface area contributed by atoms with Crippen LogP contribution in [-0.2, 0) is 19.1 Å². The van der Waals surface area contributed by atoms with Crippen LogP contribution < -0.4 is 0 Å². The summed E-state index contributed by atoms with van der Waals surface area (Å²) < 4.78 is 10.3. The highest BCUT2D eigenvalue weighted by Crippen LogP contribution is 2.41. The molecule has 3 rings (SSSR count). The molecule has 0 radical (unpaired) electrons. The van der Waals surface area contributed by atoms with Gasteiger partial charge in [0.2, 0.25) is 5.78 Å². The van der Waals surface area contributed by atoms with Crippen molar-refractivity contribution in [1.82, 2.24) is 0 Å². The summed E-state index contributed by atoms with van der Waals surface area (Å²) in [5, 5.41) is 1.69. The maximum atomic E-state index is 13.0. The van der Waals surface area contributed by atoms with Gasteiger partial charge in [0.05, 0.1) is 15.3 Å². The molecule has 136 valence electrons. The van der Waals surface area contributed by atoms with Crippen molar-refractivity contribution in [2.75, 3.05) is 0 Å². The fourth-order valence-corrected chi connectivity index (χ4v) is 5.12. The van der Waals surface area contributed by atoms with Crippen LogP contribution in [0.5, 0.6) is 0 Å². The molecule has 2 aromatic heterocycles. The highest BCUT2D eigenvalue weighted by atomic mass is 32.1. The van der Waals surface area contributed by atoms with E-state index < -0.39 is 24.1 Å². The Labute approximate surface area is 157 Å². The molecule has 0 bridgehead atoms. The molecule has 0 N–H and O–H groups in total. The Morgan fingerprint density at radius 3 is 2.19 bits per heavy atom. The maximum Gasteiger partial charge on any atom is 0.303 e. The molecule has 0 spiro atoms. The van der Waals surface area contributed by atoms with Gasteiger partial charge >= 0.3 is 11.9 Å². The van der Waals surface area contributed by atoms with Crippen LogP contribution in [0.25, 0.3) is 0 Å². The van der Waals surface area contributed by atoms with E-state index in [4.69, 9.17) is 9.47 Å². The highest BCUT2D eigenvalue weighted by Gasteiger charge is 2.37. The van der Waals surface area contributed by atoms with Crippen molar-refractivity contribution in [1.29, 1.82) is 0 Å². The van der Waals surface area contributed by atoms with Gasteiger partial charge in [0, 0.05) is 29.9 Å². The van der Waals surface area contributed by atoms with Crippen LogP contribution in [-0.4, -0.2) is 23.5 Å². The molecular weight excluding hydrogens is 376 g/mol. The Morgan fingerprint density at radius 2 is 1.58 bits per heavy atom. The van der Waals surface area contributed by atoms with Crippen LogP contribution in [0.2, 0.25) is 0 Å². The van der Waals surface area contributed by atoms with Crippen molar-refractivity contribution in [2.45, 2.75) is 39.9 Å². The molecular formula is C18H16O6S2. The molecule has 1 aliphatic carbocycles. The van der Waals surface area contributed by atoms with E-state index in [1.807, 2.05) is 0 Å². The number of esters is 2. The maximum absolute atomic E-state index is 13.0. The van der Waals surface area contributed by atoms with Crippen LogP contribution in [0.15, 0.2) is 11.4 Å².